The summed E-state index contributed by atoms with van der Waals surface area (Å²) in [6.45, 7) is 3.48. The Kier molecular flexibility index (Phi) is 8.34. The number of benzene rings is 1. The van der Waals surface area contributed by atoms with Gasteiger partial charge in [-0.05, 0) is 48.6 Å². The summed E-state index contributed by atoms with van der Waals surface area (Å²) in [5.74, 6) is 0. The lowest BCUT2D eigenvalue weighted by Crippen LogP contribution is -2.26. The molecular weight excluding hydrogens is 323 g/mol. The minimum Gasteiger partial charge on any atom is -0.332 e. The topological polar surface area (TPSA) is 50.4 Å². The summed E-state index contributed by atoms with van der Waals surface area (Å²) in [4.78, 5) is 0. The first-order valence-electron chi connectivity index (χ1n) is 7.06. The first-order valence-corrected chi connectivity index (χ1v) is 10.6. The van der Waals surface area contributed by atoms with Crippen LogP contribution in [0.15, 0.2) is 30.3 Å². The molecule has 0 aliphatic rings. The number of anilines is 1. The van der Waals surface area contributed by atoms with Crippen molar-refractivity contribution in [2.45, 2.75) is 38.9 Å². The molecule has 1 rings (SSSR count). The van der Waals surface area contributed by atoms with Gasteiger partial charge in [0.2, 0.25) is 0 Å². The Labute approximate surface area is 136 Å². The van der Waals surface area contributed by atoms with E-state index in [1.165, 1.54) is 11.4 Å². The van der Waals surface area contributed by atoms with Crippen LogP contribution in [0.5, 0.6) is 0 Å². The fourth-order valence-electron chi connectivity index (χ4n) is 1.42. The van der Waals surface area contributed by atoms with Crippen LogP contribution in [0.1, 0.15) is 33.6 Å². The van der Waals surface area contributed by atoms with Gasteiger partial charge in [0.1, 0.15) is 0 Å². The van der Waals surface area contributed by atoms with Gasteiger partial charge in [0.15, 0.2) is 5.11 Å². The Morgan fingerprint density at radius 3 is 2.62 bits per heavy atom. The van der Waals surface area contributed by atoms with Gasteiger partial charge in [-0.1, -0.05) is 39.0 Å². The number of nitrogens with one attached hydrogen (secondary N) is 2. The molecule has 0 saturated heterocycles. The lowest BCUT2D eigenvalue weighted by molar-refractivity contribution is 0.322. The van der Waals surface area contributed by atoms with Crippen molar-refractivity contribution in [3.05, 3.63) is 30.3 Å². The summed E-state index contributed by atoms with van der Waals surface area (Å²) in [7, 11) is 0. The van der Waals surface area contributed by atoms with Crippen molar-refractivity contribution < 1.29 is 9.09 Å². The molecule has 0 aliphatic heterocycles. The molecule has 1 aromatic carbocycles. The van der Waals surface area contributed by atoms with Crippen LogP contribution in [-0.4, -0.2) is 17.0 Å². The zero-order valence-corrected chi connectivity index (χ0v) is 15.2. The van der Waals surface area contributed by atoms with E-state index in [4.69, 9.17) is 16.7 Å². The second-order valence-corrected chi connectivity index (χ2v) is 9.56. The molecular formula is C14H23N2O2PS2. The summed E-state index contributed by atoms with van der Waals surface area (Å²) in [5.41, 5.74) is 0.852. The van der Waals surface area contributed by atoms with E-state index in [0.29, 0.717) is 11.7 Å². The molecule has 0 saturated carbocycles. The van der Waals surface area contributed by atoms with E-state index in [1.54, 1.807) is 0 Å². The van der Waals surface area contributed by atoms with Gasteiger partial charge in [-0.3, -0.25) is 9.65 Å². The molecule has 21 heavy (non-hydrogen) atoms. The van der Waals surface area contributed by atoms with E-state index in [2.05, 4.69) is 17.3 Å². The molecule has 0 bridgehead atoms. The fraction of sp³-hybridized carbons (Fsp3) is 0.500. The Morgan fingerprint density at radius 2 is 2.05 bits per heavy atom. The zero-order chi connectivity index (χ0) is 15.7. The summed E-state index contributed by atoms with van der Waals surface area (Å²) in [5, 5.41) is 6.43. The van der Waals surface area contributed by atoms with Crippen molar-refractivity contribution in [1.29, 1.82) is 0 Å². The van der Waals surface area contributed by atoms with Crippen LogP contribution in [-0.2, 0) is 9.09 Å². The molecule has 0 amide bonds. The Balaban J connectivity index is 2.66. The van der Waals surface area contributed by atoms with Gasteiger partial charge in [-0.2, -0.15) is 0 Å². The second-order valence-electron chi connectivity index (χ2n) is 4.59. The van der Waals surface area contributed by atoms with E-state index in [0.717, 1.165) is 18.5 Å². The predicted molar refractivity (Wildman–Crippen MR) is 97.0 cm³/mol. The van der Waals surface area contributed by atoms with Gasteiger partial charge >= 0.3 is 6.72 Å². The van der Waals surface area contributed by atoms with E-state index in [-0.39, 0.29) is 5.25 Å². The highest BCUT2D eigenvalue weighted by Crippen LogP contribution is 2.58. The molecule has 7 heteroatoms. The van der Waals surface area contributed by atoms with E-state index >= 15 is 0 Å². The monoisotopic (exact) mass is 346 g/mol. The minimum absolute atomic E-state index is 0.236. The molecule has 0 fully saturated rings. The molecule has 0 radical (unpaired) electrons. The summed E-state index contributed by atoms with van der Waals surface area (Å²) >= 11 is 6.56. The maximum Gasteiger partial charge on any atom is 0.353 e. The maximum absolute atomic E-state index is 12.8. The first kappa shape index (κ1) is 18.5. The lowest BCUT2D eigenvalue weighted by Gasteiger charge is -2.22. The summed E-state index contributed by atoms with van der Waals surface area (Å²) in [6, 6.07) is 9.54. The quantitative estimate of drug-likeness (QED) is 0.508. The number of para-hydroxylation sites is 1. The SMILES string of the molecule is CCCOP(=O)(NC(=S)Nc1ccccc1)SC(C)CC. The lowest BCUT2D eigenvalue weighted by atomic mass is 10.3. The predicted octanol–water partition coefficient (Wildman–Crippen LogP) is 5.04. The summed E-state index contributed by atoms with van der Waals surface area (Å²) in [6.07, 6.45) is 1.73. The van der Waals surface area contributed by atoms with E-state index < -0.39 is 6.72 Å². The average Bonchev–Trinajstić information content (AvgIpc) is 2.45. The highest BCUT2D eigenvalue weighted by Gasteiger charge is 2.27. The Bertz CT molecular complexity index is 485. The fourth-order valence-corrected chi connectivity index (χ4v) is 6.30. The van der Waals surface area contributed by atoms with Crippen LogP contribution in [0.25, 0.3) is 0 Å². The van der Waals surface area contributed by atoms with Crippen LogP contribution in [0.3, 0.4) is 0 Å². The van der Waals surface area contributed by atoms with Crippen LogP contribution >= 0.6 is 30.3 Å². The normalized spacial score (nSPS) is 15.0. The van der Waals surface area contributed by atoms with Gasteiger partial charge in [0.05, 0.1) is 6.61 Å². The molecule has 4 nitrogen and oxygen atoms in total. The van der Waals surface area contributed by atoms with Crippen molar-refractivity contribution in [2.24, 2.45) is 0 Å². The third-order valence-corrected chi connectivity index (χ3v) is 7.48. The maximum atomic E-state index is 12.8. The number of hydrogen-bond acceptors (Lipinski definition) is 4. The highest BCUT2D eigenvalue weighted by molar-refractivity contribution is 8.56. The van der Waals surface area contributed by atoms with Gasteiger partial charge < -0.3 is 9.84 Å². The molecule has 2 atom stereocenters. The molecule has 0 spiro atoms. The van der Waals surface area contributed by atoms with Gasteiger partial charge in [0, 0.05) is 10.9 Å². The number of thiocarbonyl (C=S) groups is 1. The van der Waals surface area contributed by atoms with Gasteiger partial charge in [-0.25, -0.2) is 0 Å². The van der Waals surface area contributed by atoms with E-state index in [1.807, 2.05) is 44.2 Å². The smallest absolute Gasteiger partial charge is 0.332 e. The third kappa shape index (κ3) is 7.32. The van der Waals surface area contributed by atoms with Crippen molar-refractivity contribution in [1.82, 2.24) is 5.09 Å². The number of rotatable bonds is 8. The van der Waals surface area contributed by atoms with Crippen molar-refractivity contribution in [2.75, 3.05) is 11.9 Å². The summed E-state index contributed by atoms with van der Waals surface area (Å²) < 4.78 is 18.4. The van der Waals surface area contributed by atoms with Crippen LogP contribution < -0.4 is 10.4 Å². The van der Waals surface area contributed by atoms with Crippen molar-refractivity contribution >= 4 is 41.1 Å². The highest BCUT2D eigenvalue weighted by atomic mass is 32.7. The molecule has 118 valence electrons. The minimum atomic E-state index is -3.04. The largest absolute Gasteiger partial charge is 0.353 e. The van der Waals surface area contributed by atoms with Gasteiger partial charge in [-0.15, -0.1) is 0 Å². The molecule has 2 unspecified atom stereocenters. The third-order valence-electron chi connectivity index (χ3n) is 2.63. The Hall–Kier alpha value is -0.550. The molecule has 0 heterocycles. The standard InChI is InChI=1S/C14H23N2O2PS2/c1-4-11-18-19(17,21-12(3)5-2)16-14(20)15-13-9-7-6-8-10-13/h6-10,12H,4-5,11H2,1-3H3,(H2,15,16,17,20). The molecule has 1 aromatic rings. The molecule has 0 aromatic heterocycles. The van der Waals surface area contributed by atoms with Crippen molar-refractivity contribution in [3.8, 4) is 0 Å². The second kappa shape index (κ2) is 9.46. The first-order chi connectivity index (χ1) is 9.99. The average molecular weight is 346 g/mol. The van der Waals surface area contributed by atoms with Crippen molar-refractivity contribution in [3.63, 3.8) is 0 Å². The molecule has 2 N–H and O–H groups in total. The molecule has 0 aliphatic carbocycles. The van der Waals surface area contributed by atoms with E-state index in [9.17, 15) is 4.57 Å². The zero-order valence-electron chi connectivity index (χ0n) is 12.7. The van der Waals surface area contributed by atoms with Crippen LogP contribution in [0.2, 0.25) is 0 Å². The van der Waals surface area contributed by atoms with Crippen LogP contribution in [0, 0.1) is 0 Å². The number of hydrogen-bond donors (Lipinski definition) is 2. The Morgan fingerprint density at radius 1 is 1.38 bits per heavy atom. The van der Waals surface area contributed by atoms with Crippen LogP contribution in [0.4, 0.5) is 5.69 Å². The van der Waals surface area contributed by atoms with Gasteiger partial charge in [0.25, 0.3) is 0 Å².